The number of nitriles is 1. The first kappa shape index (κ1) is 30.4. The van der Waals surface area contributed by atoms with Crippen LogP contribution in [0.4, 0.5) is 9.18 Å². The molecule has 1 aliphatic heterocycles. The van der Waals surface area contributed by atoms with Crippen molar-refractivity contribution in [2.45, 2.75) is 31.3 Å². The second-order valence-electron chi connectivity index (χ2n) is 10.0. The van der Waals surface area contributed by atoms with Crippen LogP contribution in [0.2, 0.25) is 10.0 Å². The molecule has 0 aromatic heterocycles. The van der Waals surface area contributed by atoms with E-state index in [4.69, 9.17) is 37.9 Å². The molecule has 2 N–H and O–H groups in total. The highest BCUT2D eigenvalue weighted by molar-refractivity contribution is 7.89. The van der Waals surface area contributed by atoms with E-state index >= 15 is 0 Å². The number of ether oxygens (including phenoxy) is 2. The number of amides is 2. The van der Waals surface area contributed by atoms with Gasteiger partial charge in [-0.1, -0.05) is 23.2 Å². The normalized spacial score (nSPS) is 15.0. The Morgan fingerprint density at radius 2 is 1.85 bits per heavy atom. The standard InChI is InChI=1S/C25H27Cl2FN4O6S/c1-24(2,3)38-23(34)30-11-22(33)31-12-25(15-37-18-6-4-16(10-29)20(28)9-18)13-32(14-25)39(35,36)21-7-5-17(26)8-19(21)27/h4-9H,11-15H2,1-3H3,(H,30,34)(H,31,33). The Morgan fingerprint density at radius 3 is 2.44 bits per heavy atom. The maximum atomic E-state index is 14.0. The SMILES string of the molecule is CC(C)(C)OC(=O)NCC(=O)NCC1(COc2ccc(C#N)c(F)c2)CN(S(=O)(=O)c2ccc(Cl)cc2Cl)C1. The van der Waals surface area contributed by atoms with Crippen LogP contribution in [-0.4, -0.2) is 63.1 Å². The number of nitrogens with one attached hydrogen (secondary N) is 2. The van der Waals surface area contributed by atoms with Crippen molar-refractivity contribution >= 4 is 45.2 Å². The van der Waals surface area contributed by atoms with Crippen LogP contribution in [0.1, 0.15) is 26.3 Å². The van der Waals surface area contributed by atoms with Crippen LogP contribution in [-0.2, 0) is 19.6 Å². The predicted molar refractivity (Wildman–Crippen MR) is 142 cm³/mol. The smallest absolute Gasteiger partial charge is 0.408 e. The molecule has 3 rings (SSSR count). The molecular weight excluding hydrogens is 574 g/mol. The lowest BCUT2D eigenvalue weighted by Gasteiger charge is -2.48. The molecule has 0 radical (unpaired) electrons. The lowest BCUT2D eigenvalue weighted by molar-refractivity contribution is -0.121. The fourth-order valence-corrected chi connectivity index (χ4v) is 6.09. The number of carbonyl (C=O) groups excluding carboxylic acids is 2. The highest BCUT2D eigenvalue weighted by Crippen LogP contribution is 2.37. The first-order valence-corrected chi connectivity index (χ1v) is 13.8. The molecule has 2 aromatic carbocycles. The molecule has 0 atom stereocenters. The number of alkyl carbamates (subject to hydrolysis) is 1. The average molecular weight is 601 g/mol. The van der Waals surface area contributed by atoms with Gasteiger partial charge >= 0.3 is 6.09 Å². The maximum Gasteiger partial charge on any atom is 0.408 e. The summed E-state index contributed by atoms with van der Waals surface area (Å²) in [7, 11) is -3.99. The van der Waals surface area contributed by atoms with Crippen LogP contribution in [0, 0.1) is 22.6 Å². The minimum Gasteiger partial charge on any atom is -0.493 e. The van der Waals surface area contributed by atoms with Crippen LogP contribution in [0.25, 0.3) is 0 Å². The number of hydrogen-bond donors (Lipinski definition) is 2. The molecule has 10 nitrogen and oxygen atoms in total. The number of halogens is 3. The molecule has 0 bridgehead atoms. The maximum absolute atomic E-state index is 14.0. The van der Waals surface area contributed by atoms with Crippen LogP contribution in [0.15, 0.2) is 41.3 Å². The first-order valence-electron chi connectivity index (χ1n) is 11.7. The predicted octanol–water partition coefficient (Wildman–Crippen LogP) is 3.71. The molecule has 2 amide bonds. The lowest BCUT2D eigenvalue weighted by Crippen LogP contribution is -2.65. The third-order valence-electron chi connectivity index (χ3n) is 5.59. The summed E-state index contributed by atoms with van der Waals surface area (Å²) >= 11 is 12.0. The van der Waals surface area contributed by atoms with Gasteiger partial charge in [-0.15, -0.1) is 0 Å². The Hall–Kier alpha value is -3.11. The van der Waals surface area contributed by atoms with E-state index < -0.39 is 38.9 Å². The molecule has 39 heavy (non-hydrogen) atoms. The van der Waals surface area contributed by atoms with Gasteiger partial charge in [0.25, 0.3) is 0 Å². The zero-order valence-corrected chi connectivity index (χ0v) is 23.7. The summed E-state index contributed by atoms with van der Waals surface area (Å²) in [5.74, 6) is -1.17. The first-order chi connectivity index (χ1) is 18.1. The van der Waals surface area contributed by atoms with Gasteiger partial charge in [-0.25, -0.2) is 17.6 Å². The molecule has 1 aliphatic rings. The van der Waals surface area contributed by atoms with Gasteiger partial charge in [0, 0.05) is 36.1 Å². The van der Waals surface area contributed by atoms with E-state index in [1.54, 1.807) is 26.8 Å². The third kappa shape index (κ3) is 7.95. The van der Waals surface area contributed by atoms with Gasteiger partial charge in [0.05, 0.1) is 23.7 Å². The van der Waals surface area contributed by atoms with Crippen LogP contribution in [0.5, 0.6) is 5.75 Å². The summed E-state index contributed by atoms with van der Waals surface area (Å²) in [6, 6.07) is 9.49. The average Bonchev–Trinajstić information content (AvgIpc) is 2.80. The van der Waals surface area contributed by atoms with Gasteiger partial charge in [-0.2, -0.15) is 9.57 Å². The van der Waals surface area contributed by atoms with Crippen LogP contribution < -0.4 is 15.4 Å². The highest BCUT2D eigenvalue weighted by atomic mass is 35.5. The molecule has 0 saturated carbocycles. The number of hydrogen-bond acceptors (Lipinski definition) is 7. The van der Waals surface area contributed by atoms with Gasteiger partial charge in [0.15, 0.2) is 0 Å². The molecule has 1 heterocycles. The number of sulfonamides is 1. The molecule has 14 heteroatoms. The molecular formula is C25H27Cl2FN4O6S. The Balaban J connectivity index is 1.70. The second-order valence-corrected chi connectivity index (χ2v) is 12.8. The number of benzene rings is 2. The summed E-state index contributed by atoms with van der Waals surface area (Å²) in [5.41, 5.74) is -1.78. The van der Waals surface area contributed by atoms with Crippen molar-refractivity contribution in [1.29, 1.82) is 5.26 Å². The van der Waals surface area contributed by atoms with E-state index in [1.807, 2.05) is 0 Å². The van der Waals surface area contributed by atoms with Crippen molar-refractivity contribution in [3.8, 4) is 11.8 Å². The lowest BCUT2D eigenvalue weighted by atomic mass is 9.82. The van der Waals surface area contributed by atoms with E-state index in [-0.39, 0.29) is 59.0 Å². The van der Waals surface area contributed by atoms with Gasteiger partial charge in [-0.3, -0.25) is 4.79 Å². The van der Waals surface area contributed by atoms with Crippen molar-refractivity contribution in [2.75, 3.05) is 32.8 Å². The minimum atomic E-state index is -3.99. The number of rotatable bonds is 9. The van der Waals surface area contributed by atoms with Gasteiger partial charge in [0.1, 0.15) is 28.1 Å². The van der Waals surface area contributed by atoms with E-state index in [9.17, 15) is 22.4 Å². The van der Waals surface area contributed by atoms with Gasteiger partial charge in [0.2, 0.25) is 15.9 Å². The summed E-state index contributed by atoms with van der Waals surface area (Å²) in [5, 5.41) is 14.2. The molecule has 0 aliphatic carbocycles. The molecule has 210 valence electrons. The fourth-order valence-electron chi connectivity index (χ4n) is 3.68. The van der Waals surface area contributed by atoms with E-state index in [0.29, 0.717) is 0 Å². The number of carbonyl (C=O) groups is 2. The van der Waals surface area contributed by atoms with Crippen molar-refractivity contribution in [2.24, 2.45) is 5.41 Å². The van der Waals surface area contributed by atoms with Gasteiger partial charge in [-0.05, 0) is 51.1 Å². The summed E-state index contributed by atoms with van der Waals surface area (Å²) in [4.78, 5) is 24.1. The zero-order chi connectivity index (χ0) is 29.0. The number of nitrogens with zero attached hydrogens (tertiary/aromatic N) is 2. The van der Waals surface area contributed by atoms with Crippen molar-refractivity contribution < 1.29 is 31.9 Å². The Labute approximate surface area is 236 Å². The Bertz CT molecular complexity index is 1400. The third-order valence-corrected chi connectivity index (χ3v) is 8.10. The van der Waals surface area contributed by atoms with E-state index in [2.05, 4.69) is 10.6 Å². The highest BCUT2D eigenvalue weighted by Gasteiger charge is 2.49. The zero-order valence-electron chi connectivity index (χ0n) is 21.4. The Kier molecular flexibility index (Phi) is 9.33. The van der Waals surface area contributed by atoms with Gasteiger partial charge < -0.3 is 20.1 Å². The largest absolute Gasteiger partial charge is 0.493 e. The van der Waals surface area contributed by atoms with Crippen LogP contribution in [0.3, 0.4) is 0 Å². The van der Waals surface area contributed by atoms with Crippen molar-refractivity contribution in [3.63, 3.8) is 0 Å². The minimum absolute atomic E-state index is 0.0129. The monoisotopic (exact) mass is 600 g/mol. The molecule has 2 aromatic rings. The molecule has 0 unspecified atom stereocenters. The van der Waals surface area contributed by atoms with Crippen molar-refractivity contribution in [3.05, 3.63) is 57.8 Å². The second kappa shape index (κ2) is 12.0. The molecule has 1 saturated heterocycles. The fraction of sp³-hybridized carbons (Fsp3) is 0.400. The summed E-state index contributed by atoms with van der Waals surface area (Å²) in [6.45, 7) is 4.49. The topological polar surface area (TPSA) is 138 Å². The molecule has 0 spiro atoms. The quantitative estimate of drug-likeness (QED) is 0.447. The van der Waals surface area contributed by atoms with E-state index in [1.165, 1.54) is 34.6 Å². The summed E-state index contributed by atoms with van der Waals surface area (Å²) in [6.07, 6.45) is -0.765. The Morgan fingerprint density at radius 1 is 1.15 bits per heavy atom. The van der Waals surface area contributed by atoms with Crippen LogP contribution >= 0.6 is 23.2 Å². The van der Waals surface area contributed by atoms with E-state index in [0.717, 1.165) is 6.07 Å². The van der Waals surface area contributed by atoms with Crippen molar-refractivity contribution in [1.82, 2.24) is 14.9 Å². The molecule has 1 fully saturated rings. The summed E-state index contributed by atoms with van der Waals surface area (Å²) < 4.78 is 52.4.